The summed E-state index contributed by atoms with van der Waals surface area (Å²) < 4.78 is 11.3. The van der Waals surface area contributed by atoms with Crippen molar-refractivity contribution in [1.29, 1.82) is 0 Å². The number of Topliss-reactive ketones (excluding diaryl/α,β-unsaturated/α-hetero) is 1. The van der Waals surface area contributed by atoms with Gasteiger partial charge in [-0.1, -0.05) is 0 Å². The van der Waals surface area contributed by atoms with Crippen LogP contribution in [0.5, 0.6) is 0 Å². The van der Waals surface area contributed by atoms with Gasteiger partial charge in [0.05, 0.1) is 13.2 Å². The minimum absolute atomic E-state index is 0.0422. The molecule has 2 aliphatic carbocycles. The molecular formula is C11H16O3. The maximum absolute atomic E-state index is 11.5. The fraction of sp³-hybridized carbons (Fsp3) is 0.909. The molecule has 1 heterocycles. The van der Waals surface area contributed by atoms with Gasteiger partial charge in [0.25, 0.3) is 0 Å². The summed E-state index contributed by atoms with van der Waals surface area (Å²) in [5, 5.41) is 0. The highest BCUT2D eigenvalue weighted by Gasteiger charge is 2.53. The third kappa shape index (κ3) is 1.09. The quantitative estimate of drug-likeness (QED) is 0.591. The molecule has 0 bridgehead atoms. The molecule has 3 aliphatic rings. The molecule has 2 saturated carbocycles. The van der Waals surface area contributed by atoms with Gasteiger partial charge in [-0.25, -0.2) is 0 Å². The summed E-state index contributed by atoms with van der Waals surface area (Å²) in [7, 11) is 0. The fourth-order valence-corrected chi connectivity index (χ4v) is 3.00. The van der Waals surface area contributed by atoms with Crippen LogP contribution in [-0.4, -0.2) is 24.8 Å². The van der Waals surface area contributed by atoms with E-state index in [9.17, 15) is 4.79 Å². The van der Waals surface area contributed by atoms with E-state index in [4.69, 9.17) is 9.47 Å². The second-order valence-corrected chi connectivity index (χ2v) is 4.81. The van der Waals surface area contributed by atoms with Gasteiger partial charge in [-0.3, -0.25) is 4.79 Å². The van der Waals surface area contributed by atoms with E-state index in [0.29, 0.717) is 5.78 Å². The average molecular weight is 196 g/mol. The van der Waals surface area contributed by atoms with Crippen LogP contribution in [-0.2, 0) is 14.3 Å². The van der Waals surface area contributed by atoms with Gasteiger partial charge in [-0.15, -0.1) is 0 Å². The molecule has 2 spiro atoms. The van der Waals surface area contributed by atoms with Crippen molar-refractivity contribution in [3.05, 3.63) is 0 Å². The van der Waals surface area contributed by atoms with Crippen LogP contribution in [0.15, 0.2) is 0 Å². The third-order valence-corrected chi connectivity index (χ3v) is 4.20. The van der Waals surface area contributed by atoms with Gasteiger partial charge in [0, 0.05) is 24.7 Å². The summed E-state index contributed by atoms with van der Waals surface area (Å²) in [6.45, 7) is 1.45. The number of ketones is 1. The fourth-order valence-electron chi connectivity index (χ4n) is 3.00. The summed E-state index contributed by atoms with van der Waals surface area (Å²) in [5.74, 6) is 0.173. The lowest BCUT2D eigenvalue weighted by Gasteiger charge is -2.47. The van der Waals surface area contributed by atoms with Crippen LogP contribution in [0.3, 0.4) is 0 Å². The number of carbonyl (C=O) groups is 1. The van der Waals surface area contributed by atoms with Gasteiger partial charge < -0.3 is 9.47 Å². The van der Waals surface area contributed by atoms with Crippen molar-refractivity contribution in [3.63, 3.8) is 0 Å². The van der Waals surface area contributed by atoms with E-state index in [1.54, 1.807) is 0 Å². The predicted molar refractivity (Wildman–Crippen MR) is 49.8 cm³/mol. The zero-order chi connectivity index (χ0) is 9.65. The lowest BCUT2D eigenvalue weighted by atomic mass is 9.59. The highest BCUT2D eigenvalue weighted by atomic mass is 16.7. The molecule has 0 atom stereocenters. The first-order valence-electron chi connectivity index (χ1n) is 5.56. The molecule has 0 N–H and O–H groups in total. The minimum Gasteiger partial charge on any atom is -0.348 e. The maximum Gasteiger partial charge on any atom is 0.168 e. The van der Waals surface area contributed by atoms with Crippen LogP contribution in [0.2, 0.25) is 0 Å². The van der Waals surface area contributed by atoms with Crippen LogP contribution in [0.1, 0.15) is 38.5 Å². The van der Waals surface area contributed by atoms with Crippen LogP contribution in [0.4, 0.5) is 0 Å². The summed E-state index contributed by atoms with van der Waals surface area (Å²) in [6, 6.07) is 0. The van der Waals surface area contributed by atoms with Gasteiger partial charge in [0.1, 0.15) is 5.78 Å². The molecule has 0 radical (unpaired) electrons. The van der Waals surface area contributed by atoms with E-state index >= 15 is 0 Å². The largest absolute Gasteiger partial charge is 0.348 e. The van der Waals surface area contributed by atoms with Crippen LogP contribution < -0.4 is 0 Å². The van der Waals surface area contributed by atoms with Crippen molar-refractivity contribution in [2.75, 3.05) is 13.2 Å². The van der Waals surface area contributed by atoms with E-state index in [1.165, 1.54) is 0 Å². The van der Waals surface area contributed by atoms with Gasteiger partial charge >= 0.3 is 0 Å². The Morgan fingerprint density at radius 1 is 0.929 bits per heavy atom. The Bertz CT molecular complexity index is 256. The van der Waals surface area contributed by atoms with Gasteiger partial charge in [0.2, 0.25) is 0 Å². The zero-order valence-electron chi connectivity index (χ0n) is 8.38. The molecule has 78 valence electrons. The molecule has 0 amide bonds. The Hall–Kier alpha value is -0.410. The topological polar surface area (TPSA) is 35.5 Å². The lowest BCUT2D eigenvalue weighted by molar-refractivity contribution is -0.198. The van der Waals surface area contributed by atoms with Crippen molar-refractivity contribution in [3.8, 4) is 0 Å². The lowest BCUT2D eigenvalue weighted by Crippen LogP contribution is -2.48. The summed E-state index contributed by atoms with van der Waals surface area (Å²) in [4.78, 5) is 11.5. The second kappa shape index (κ2) is 2.80. The van der Waals surface area contributed by atoms with Gasteiger partial charge in [0.15, 0.2) is 5.79 Å². The van der Waals surface area contributed by atoms with E-state index in [0.717, 1.165) is 51.7 Å². The molecule has 3 rings (SSSR count). The van der Waals surface area contributed by atoms with Crippen LogP contribution >= 0.6 is 0 Å². The molecule has 14 heavy (non-hydrogen) atoms. The Morgan fingerprint density at radius 2 is 1.57 bits per heavy atom. The smallest absolute Gasteiger partial charge is 0.168 e. The normalized spacial score (nSPS) is 33.6. The third-order valence-electron chi connectivity index (χ3n) is 4.20. The van der Waals surface area contributed by atoms with Crippen molar-refractivity contribution >= 4 is 5.78 Å². The molecule has 3 nitrogen and oxygen atoms in total. The first-order valence-corrected chi connectivity index (χ1v) is 5.56. The number of carbonyl (C=O) groups excluding carboxylic acids is 1. The number of ether oxygens (including phenoxy) is 2. The molecule has 0 aromatic rings. The number of hydrogen-bond donors (Lipinski definition) is 0. The monoisotopic (exact) mass is 196 g/mol. The van der Waals surface area contributed by atoms with Crippen molar-refractivity contribution in [2.24, 2.45) is 5.41 Å². The molecule has 1 saturated heterocycles. The van der Waals surface area contributed by atoms with Crippen LogP contribution in [0, 0.1) is 5.41 Å². The molecule has 3 heteroatoms. The first-order chi connectivity index (χ1) is 6.75. The van der Waals surface area contributed by atoms with E-state index < -0.39 is 0 Å². The summed E-state index contributed by atoms with van der Waals surface area (Å²) >= 11 is 0. The molecule has 0 unspecified atom stereocenters. The predicted octanol–water partition coefficient (Wildman–Crippen LogP) is 1.65. The van der Waals surface area contributed by atoms with Gasteiger partial charge in [-0.2, -0.15) is 0 Å². The molecule has 1 aliphatic heterocycles. The minimum atomic E-state index is -0.304. The highest BCUT2D eigenvalue weighted by Crippen LogP contribution is 2.52. The Balaban J connectivity index is 1.70. The number of rotatable bonds is 0. The van der Waals surface area contributed by atoms with Crippen molar-refractivity contribution in [1.82, 2.24) is 0 Å². The standard InChI is InChI=1S/C11H16O3/c12-9-1-2-10(9)3-5-11(6-4-10)13-7-8-14-11/h1-8H2. The molecule has 0 aromatic carbocycles. The molecule has 3 fully saturated rings. The Morgan fingerprint density at radius 3 is 2.00 bits per heavy atom. The van der Waals surface area contributed by atoms with Crippen molar-refractivity contribution < 1.29 is 14.3 Å². The van der Waals surface area contributed by atoms with E-state index in [2.05, 4.69) is 0 Å². The van der Waals surface area contributed by atoms with Gasteiger partial charge in [-0.05, 0) is 19.3 Å². The first kappa shape index (κ1) is 8.86. The zero-order valence-corrected chi connectivity index (χ0v) is 8.38. The molecular weight excluding hydrogens is 180 g/mol. The molecule has 0 aromatic heterocycles. The van der Waals surface area contributed by atoms with Crippen LogP contribution in [0.25, 0.3) is 0 Å². The van der Waals surface area contributed by atoms with Crippen molar-refractivity contribution in [2.45, 2.75) is 44.3 Å². The Labute approximate surface area is 83.8 Å². The Kier molecular flexibility index (Phi) is 1.77. The van der Waals surface area contributed by atoms with E-state index in [-0.39, 0.29) is 11.2 Å². The second-order valence-electron chi connectivity index (χ2n) is 4.81. The SMILES string of the molecule is O=C1CCC12CCC1(CC2)OCCO1. The summed E-state index contributed by atoms with van der Waals surface area (Å²) in [5.41, 5.74) is 0.0422. The number of hydrogen-bond acceptors (Lipinski definition) is 3. The summed E-state index contributed by atoms with van der Waals surface area (Å²) in [6.07, 6.45) is 5.69. The maximum atomic E-state index is 11.5. The average Bonchev–Trinajstić information content (AvgIpc) is 2.66. The highest BCUT2D eigenvalue weighted by molar-refractivity contribution is 5.90. The van der Waals surface area contributed by atoms with E-state index in [1.807, 2.05) is 0 Å².